The second-order valence-electron chi connectivity index (χ2n) is 7.45. The van der Waals surface area contributed by atoms with E-state index in [-0.39, 0.29) is 24.6 Å². The lowest BCUT2D eigenvalue weighted by Gasteiger charge is -2.34. The fraction of sp³-hybridized carbons (Fsp3) is 0.421. The van der Waals surface area contributed by atoms with Gasteiger partial charge in [0.15, 0.2) is 17.5 Å². The van der Waals surface area contributed by atoms with Gasteiger partial charge in [0.25, 0.3) is 0 Å². The quantitative estimate of drug-likeness (QED) is 0.657. The number of methoxy groups -OCH3 is 1. The molecule has 11 heteroatoms. The van der Waals surface area contributed by atoms with Crippen LogP contribution < -0.4 is 10.2 Å². The van der Waals surface area contributed by atoms with Gasteiger partial charge in [0.2, 0.25) is 5.91 Å². The molecule has 0 aromatic carbocycles. The summed E-state index contributed by atoms with van der Waals surface area (Å²) in [6.45, 7) is 2.12. The summed E-state index contributed by atoms with van der Waals surface area (Å²) in [6.07, 6.45) is 7.72. The highest BCUT2D eigenvalue weighted by atomic mass is 16.5. The molecule has 1 aliphatic heterocycles. The van der Waals surface area contributed by atoms with E-state index in [1.54, 1.807) is 19.5 Å². The standard InChI is InChI=1S/C19H21N9O2/c1-10-16(20-7-14(24-10)17-22-9-23-27-17)13-6-21-18-19(25-13)28(8-15(29)26-18)11-3-4-12(5-11)30-2/h6-7,9,11-12H,3-5,8H2,1-2H3,(H,21,26,29)(H,22,23,27)/t11-,12-/m0/s1. The van der Waals surface area contributed by atoms with Crippen LogP contribution >= 0.6 is 0 Å². The van der Waals surface area contributed by atoms with Crippen molar-refractivity contribution in [3.63, 3.8) is 0 Å². The Kier molecular flexibility index (Phi) is 4.58. The highest BCUT2D eigenvalue weighted by Crippen LogP contribution is 2.35. The van der Waals surface area contributed by atoms with Gasteiger partial charge >= 0.3 is 0 Å². The lowest BCUT2D eigenvalue weighted by atomic mass is 10.1. The van der Waals surface area contributed by atoms with E-state index in [2.05, 4.69) is 35.5 Å². The largest absolute Gasteiger partial charge is 0.381 e. The number of amides is 1. The van der Waals surface area contributed by atoms with Gasteiger partial charge in [-0.15, -0.1) is 10.2 Å². The maximum absolute atomic E-state index is 12.2. The number of hydrogen-bond acceptors (Lipinski definition) is 9. The number of carbonyl (C=O) groups is 1. The van der Waals surface area contributed by atoms with Crippen LogP contribution in [0.3, 0.4) is 0 Å². The predicted octanol–water partition coefficient (Wildman–Crippen LogP) is 1.35. The van der Waals surface area contributed by atoms with E-state index in [4.69, 9.17) is 9.72 Å². The van der Waals surface area contributed by atoms with Gasteiger partial charge in [0.1, 0.15) is 23.4 Å². The zero-order valence-corrected chi connectivity index (χ0v) is 16.7. The molecule has 4 heterocycles. The van der Waals surface area contributed by atoms with E-state index in [9.17, 15) is 4.79 Å². The van der Waals surface area contributed by atoms with Crippen molar-refractivity contribution in [3.05, 3.63) is 24.4 Å². The van der Waals surface area contributed by atoms with Crippen molar-refractivity contribution in [2.75, 3.05) is 23.9 Å². The summed E-state index contributed by atoms with van der Waals surface area (Å²) in [7, 11) is 1.73. The molecule has 3 aromatic heterocycles. The van der Waals surface area contributed by atoms with Crippen LogP contribution in [0.25, 0.3) is 22.9 Å². The summed E-state index contributed by atoms with van der Waals surface area (Å²) >= 11 is 0. The number of rotatable bonds is 4. The van der Waals surface area contributed by atoms with Crippen molar-refractivity contribution in [2.45, 2.75) is 38.3 Å². The maximum Gasteiger partial charge on any atom is 0.245 e. The second kappa shape index (κ2) is 7.41. The van der Waals surface area contributed by atoms with E-state index in [1.807, 2.05) is 11.8 Å². The Morgan fingerprint density at radius 2 is 2.03 bits per heavy atom. The normalized spacial score (nSPS) is 20.9. The number of aromatic nitrogens is 7. The molecular formula is C19H21N9O2. The molecule has 1 amide bonds. The van der Waals surface area contributed by atoms with E-state index in [1.165, 1.54) is 6.33 Å². The molecular weight excluding hydrogens is 386 g/mol. The minimum atomic E-state index is -0.0854. The highest BCUT2D eigenvalue weighted by molar-refractivity contribution is 5.99. The van der Waals surface area contributed by atoms with Crippen molar-refractivity contribution < 1.29 is 9.53 Å². The smallest absolute Gasteiger partial charge is 0.245 e. The fourth-order valence-electron chi connectivity index (χ4n) is 4.08. The first-order chi connectivity index (χ1) is 14.6. The monoisotopic (exact) mass is 407 g/mol. The van der Waals surface area contributed by atoms with Gasteiger partial charge in [-0.3, -0.25) is 9.78 Å². The van der Waals surface area contributed by atoms with Crippen LogP contribution in [-0.2, 0) is 9.53 Å². The summed E-state index contributed by atoms with van der Waals surface area (Å²) in [4.78, 5) is 35.6. The molecule has 0 saturated heterocycles. The van der Waals surface area contributed by atoms with E-state index in [0.717, 1.165) is 19.3 Å². The SMILES string of the molecule is CO[C@H]1CC[C@H](N2CC(=O)Nc3ncc(-c4ncc(-c5nnc[nH]5)nc4C)nc32)C1. The molecule has 30 heavy (non-hydrogen) atoms. The number of hydrogen-bond donors (Lipinski definition) is 2. The summed E-state index contributed by atoms with van der Waals surface area (Å²) in [5, 5.41) is 10.6. The molecule has 1 fully saturated rings. The predicted molar refractivity (Wildman–Crippen MR) is 108 cm³/mol. The molecule has 11 nitrogen and oxygen atoms in total. The van der Waals surface area contributed by atoms with Crippen LogP contribution in [0.15, 0.2) is 18.7 Å². The van der Waals surface area contributed by atoms with Gasteiger partial charge in [-0.25, -0.2) is 15.0 Å². The van der Waals surface area contributed by atoms with Crippen LogP contribution in [0, 0.1) is 6.92 Å². The number of aryl methyl sites for hydroxylation is 1. The number of nitrogens with zero attached hydrogens (tertiary/aromatic N) is 7. The third-order valence-electron chi connectivity index (χ3n) is 5.58. The van der Waals surface area contributed by atoms with Crippen molar-refractivity contribution in [1.82, 2.24) is 35.1 Å². The Labute approximate surface area is 172 Å². The van der Waals surface area contributed by atoms with Gasteiger partial charge in [0, 0.05) is 13.2 Å². The molecule has 5 rings (SSSR count). The third-order valence-corrected chi connectivity index (χ3v) is 5.58. The zero-order chi connectivity index (χ0) is 20.7. The number of ether oxygens (including phenoxy) is 1. The van der Waals surface area contributed by atoms with Crippen LogP contribution in [0.1, 0.15) is 25.0 Å². The van der Waals surface area contributed by atoms with Gasteiger partial charge in [-0.05, 0) is 26.2 Å². The molecule has 2 N–H and O–H groups in total. The third kappa shape index (κ3) is 3.26. The van der Waals surface area contributed by atoms with Gasteiger partial charge in [0.05, 0.1) is 30.7 Å². The van der Waals surface area contributed by atoms with Crippen molar-refractivity contribution in [1.29, 1.82) is 0 Å². The Morgan fingerprint density at radius 1 is 1.17 bits per heavy atom. The maximum atomic E-state index is 12.2. The zero-order valence-electron chi connectivity index (χ0n) is 16.7. The molecule has 0 bridgehead atoms. The van der Waals surface area contributed by atoms with Crippen LogP contribution in [0.5, 0.6) is 0 Å². The molecule has 0 spiro atoms. The lowest BCUT2D eigenvalue weighted by Crippen LogP contribution is -2.44. The Hall–Kier alpha value is -3.47. The number of nitrogens with one attached hydrogen (secondary N) is 2. The van der Waals surface area contributed by atoms with E-state index < -0.39 is 0 Å². The first kappa shape index (κ1) is 18.6. The van der Waals surface area contributed by atoms with Crippen LogP contribution in [-0.4, -0.2) is 66.8 Å². The molecule has 1 aliphatic carbocycles. The fourth-order valence-corrected chi connectivity index (χ4v) is 4.08. The molecule has 2 aliphatic rings. The van der Waals surface area contributed by atoms with E-state index >= 15 is 0 Å². The van der Waals surface area contributed by atoms with E-state index in [0.29, 0.717) is 40.2 Å². The second-order valence-corrected chi connectivity index (χ2v) is 7.45. The topological polar surface area (TPSA) is 135 Å². The Bertz CT molecular complexity index is 1090. The van der Waals surface area contributed by atoms with Gasteiger partial charge < -0.3 is 19.9 Å². The van der Waals surface area contributed by atoms with Crippen molar-refractivity contribution >= 4 is 17.5 Å². The van der Waals surface area contributed by atoms with Gasteiger partial charge in [-0.2, -0.15) is 0 Å². The summed E-state index contributed by atoms with van der Waals surface area (Å²) < 4.78 is 5.50. The first-order valence-electron chi connectivity index (χ1n) is 9.79. The van der Waals surface area contributed by atoms with Crippen LogP contribution in [0.2, 0.25) is 0 Å². The first-order valence-corrected chi connectivity index (χ1v) is 9.79. The molecule has 3 aromatic rings. The molecule has 1 saturated carbocycles. The van der Waals surface area contributed by atoms with Crippen LogP contribution in [0.4, 0.5) is 11.6 Å². The average molecular weight is 407 g/mol. The van der Waals surface area contributed by atoms with Gasteiger partial charge in [-0.1, -0.05) is 0 Å². The molecule has 154 valence electrons. The minimum absolute atomic E-state index is 0.0854. The Balaban J connectivity index is 1.50. The minimum Gasteiger partial charge on any atom is -0.381 e. The lowest BCUT2D eigenvalue weighted by molar-refractivity contribution is -0.115. The number of H-pyrrole nitrogens is 1. The number of aromatic amines is 1. The van der Waals surface area contributed by atoms with Crippen molar-refractivity contribution in [3.8, 4) is 22.9 Å². The average Bonchev–Trinajstić information content (AvgIpc) is 3.45. The summed E-state index contributed by atoms with van der Waals surface area (Å²) in [6, 6.07) is 0.185. The highest BCUT2D eigenvalue weighted by Gasteiger charge is 2.35. The molecule has 2 atom stereocenters. The Morgan fingerprint density at radius 3 is 2.77 bits per heavy atom. The van der Waals surface area contributed by atoms with Crippen molar-refractivity contribution in [2.24, 2.45) is 0 Å². The number of carbonyl (C=O) groups excluding carboxylic acids is 1. The molecule has 0 radical (unpaired) electrons. The summed E-state index contributed by atoms with van der Waals surface area (Å²) in [5.41, 5.74) is 2.53. The molecule has 0 unspecified atom stereocenters. The number of anilines is 2. The number of fused-ring (bicyclic) bond motifs is 1. The summed E-state index contributed by atoms with van der Waals surface area (Å²) in [5.74, 6) is 1.60.